The van der Waals surface area contributed by atoms with Gasteiger partial charge in [0.1, 0.15) is 0 Å². The van der Waals surface area contributed by atoms with Crippen LogP contribution >= 0.6 is 22.3 Å². The van der Waals surface area contributed by atoms with E-state index in [0.29, 0.717) is 6.54 Å². The molecule has 116 valence electrons. The van der Waals surface area contributed by atoms with Gasteiger partial charge in [0.05, 0.1) is 4.90 Å². The molecule has 1 aromatic rings. The fourth-order valence-electron chi connectivity index (χ4n) is 2.57. The maximum absolute atomic E-state index is 12.6. The first-order valence-electron chi connectivity index (χ1n) is 6.85. The number of rotatable bonds is 2. The predicted octanol–water partition coefficient (Wildman–Crippen LogP) is 3.67. The molecule has 1 heterocycles. The van der Waals surface area contributed by atoms with Crippen molar-refractivity contribution in [3.05, 3.63) is 28.8 Å². The van der Waals surface area contributed by atoms with E-state index in [1.165, 1.54) is 18.2 Å². The molecule has 1 saturated heterocycles. The Hall–Kier alpha value is -0.780. The topological polar surface area (TPSA) is 54.5 Å². The van der Waals surface area contributed by atoms with Gasteiger partial charge in [-0.15, -0.1) is 0 Å². The Labute approximate surface area is 134 Å². The summed E-state index contributed by atoms with van der Waals surface area (Å²) in [4.78, 5) is 14.3. The van der Waals surface area contributed by atoms with Crippen molar-refractivity contribution in [2.75, 3.05) is 6.54 Å². The Morgan fingerprint density at radius 1 is 1.24 bits per heavy atom. The summed E-state index contributed by atoms with van der Waals surface area (Å²) in [6.45, 7) is 2.68. The molecule has 0 N–H and O–H groups in total. The number of nitrogens with zero attached hydrogens (tertiary/aromatic N) is 1. The Kier molecular flexibility index (Phi) is 5.17. The average Bonchev–Trinajstić information content (AvgIpc) is 2.61. The van der Waals surface area contributed by atoms with Gasteiger partial charge >= 0.3 is 0 Å². The molecule has 0 spiro atoms. The molecule has 0 radical (unpaired) electrons. The van der Waals surface area contributed by atoms with Crippen molar-refractivity contribution >= 4 is 37.2 Å². The minimum Gasteiger partial charge on any atom is -0.336 e. The van der Waals surface area contributed by atoms with E-state index in [2.05, 4.69) is 0 Å². The second-order valence-electron chi connectivity index (χ2n) is 5.31. The Balaban J connectivity index is 2.36. The summed E-state index contributed by atoms with van der Waals surface area (Å²) in [5.74, 6) is -0.200. The van der Waals surface area contributed by atoms with Gasteiger partial charge in [0.25, 0.3) is 15.0 Å². The molecule has 1 unspecified atom stereocenters. The van der Waals surface area contributed by atoms with Gasteiger partial charge in [0.15, 0.2) is 0 Å². The molecule has 4 nitrogen and oxygen atoms in total. The highest BCUT2D eigenvalue weighted by Gasteiger charge is 2.24. The number of likely N-dealkylation sites (tertiary alicyclic amines) is 1. The van der Waals surface area contributed by atoms with Gasteiger partial charge in [0.2, 0.25) is 0 Å². The lowest BCUT2D eigenvalue weighted by Crippen LogP contribution is -2.38. The zero-order chi connectivity index (χ0) is 15.6. The Morgan fingerprint density at radius 3 is 2.62 bits per heavy atom. The van der Waals surface area contributed by atoms with E-state index in [-0.39, 0.29) is 27.4 Å². The van der Waals surface area contributed by atoms with E-state index < -0.39 is 9.05 Å². The first kappa shape index (κ1) is 16.6. The van der Waals surface area contributed by atoms with E-state index in [4.69, 9.17) is 22.3 Å². The molecule has 0 bridgehead atoms. The lowest BCUT2D eigenvalue weighted by atomic mass is 10.1. The minimum atomic E-state index is -3.92. The molecule has 7 heteroatoms. The molecule has 21 heavy (non-hydrogen) atoms. The third kappa shape index (κ3) is 4.11. The Bertz CT molecular complexity index is 646. The number of benzene rings is 1. The summed E-state index contributed by atoms with van der Waals surface area (Å²) in [7, 11) is 1.42. The molecule has 2 rings (SSSR count). The van der Waals surface area contributed by atoms with Crippen molar-refractivity contribution in [2.45, 2.75) is 43.5 Å². The first-order chi connectivity index (χ1) is 9.79. The highest BCUT2D eigenvalue weighted by Crippen LogP contribution is 2.25. The number of carbonyl (C=O) groups is 1. The maximum Gasteiger partial charge on any atom is 0.261 e. The molecule has 0 aliphatic carbocycles. The first-order valence-corrected chi connectivity index (χ1v) is 9.54. The monoisotopic (exact) mass is 349 g/mol. The molecular formula is C14H17Cl2NO3S. The van der Waals surface area contributed by atoms with Crippen molar-refractivity contribution in [3.8, 4) is 0 Å². The van der Waals surface area contributed by atoms with Crippen LogP contribution in [0, 0.1) is 0 Å². The van der Waals surface area contributed by atoms with Crippen molar-refractivity contribution in [1.82, 2.24) is 4.90 Å². The average molecular weight is 350 g/mol. The van der Waals surface area contributed by atoms with Crippen LogP contribution in [0.2, 0.25) is 5.02 Å². The smallest absolute Gasteiger partial charge is 0.261 e. The molecule has 1 aromatic carbocycles. The summed E-state index contributed by atoms with van der Waals surface area (Å²) in [5, 5.41) is 0.183. The Morgan fingerprint density at radius 2 is 1.95 bits per heavy atom. The summed E-state index contributed by atoms with van der Waals surface area (Å²) in [5.41, 5.74) is 0.260. The van der Waals surface area contributed by atoms with Crippen LogP contribution in [0.4, 0.5) is 0 Å². The standard InChI is InChI=1S/C14H17Cl2NO3S/c1-10-5-3-2-4-6-17(10)14(18)11-7-12(15)9-13(8-11)21(16,19)20/h7-10H,2-6H2,1H3. The van der Waals surface area contributed by atoms with Crippen LogP contribution in [0.15, 0.2) is 23.1 Å². The van der Waals surface area contributed by atoms with Crippen LogP contribution in [0.25, 0.3) is 0 Å². The van der Waals surface area contributed by atoms with Crippen LogP contribution in [0.3, 0.4) is 0 Å². The number of hydrogen-bond donors (Lipinski definition) is 0. The molecule has 1 amide bonds. The van der Waals surface area contributed by atoms with Gasteiger partial charge in [-0.3, -0.25) is 4.79 Å². The van der Waals surface area contributed by atoms with Crippen LogP contribution < -0.4 is 0 Å². The zero-order valence-electron chi connectivity index (χ0n) is 11.7. The van der Waals surface area contributed by atoms with Crippen LogP contribution in [0.5, 0.6) is 0 Å². The summed E-state index contributed by atoms with van der Waals surface area (Å²) in [6, 6.07) is 4.14. The maximum atomic E-state index is 12.6. The van der Waals surface area contributed by atoms with Gasteiger partial charge in [-0.05, 0) is 38.0 Å². The van der Waals surface area contributed by atoms with Gasteiger partial charge in [0, 0.05) is 33.9 Å². The molecule has 1 aliphatic rings. The van der Waals surface area contributed by atoms with Crippen molar-refractivity contribution in [3.63, 3.8) is 0 Å². The highest BCUT2D eigenvalue weighted by molar-refractivity contribution is 8.13. The van der Waals surface area contributed by atoms with Gasteiger partial charge in [-0.2, -0.15) is 0 Å². The second kappa shape index (κ2) is 6.55. The molecule has 0 aromatic heterocycles. The number of carbonyl (C=O) groups excluding carboxylic acids is 1. The zero-order valence-corrected chi connectivity index (χ0v) is 14.0. The third-order valence-electron chi connectivity index (χ3n) is 3.71. The molecule has 0 saturated carbocycles. The van der Waals surface area contributed by atoms with Gasteiger partial charge in [-0.25, -0.2) is 8.42 Å². The minimum absolute atomic E-state index is 0.134. The highest BCUT2D eigenvalue weighted by atomic mass is 35.7. The van der Waals surface area contributed by atoms with Gasteiger partial charge < -0.3 is 4.90 Å². The predicted molar refractivity (Wildman–Crippen MR) is 83.5 cm³/mol. The largest absolute Gasteiger partial charge is 0.336 e. The summed E-state index contributed by atoms with van der Waals surface area (Å²) in [6.07, 6.45) is 4.11. The number of halogens is 2. The normalized spacial score (nSPS) is 20.1. The number of amides is 1. The molecular weight excluding hydrogens is 333 g/mol. The molecule has 1 aliphatic heterocycles. The van der Waals surface area contributed by atoms with E-state index in [0.717, 1.165) is 25.7 Å². The van der Waals surface area contributed by atoms with E-state index in [9.17, 15) is 13.2 Å². The van der Waals surface area contributed by atoms with Crippen molar-refractivity contribution < 1.29 is 13.2 Å². The van der Waals surface area contributed by atoms with Crippen molar-refractivity contribution in [2.24, 2.45) is 0 Å². The lowest BCUT2D eigenvalue weighted by molar-refractivity contribution is 0.0697. The van der Waals surface area contributed by atoms with E-state index in [1.807, 2.05) is 6.92 Å². The third-order valence-corrected chi connectivity index (χ3v) is 5.27. The fourth-order valence-corrected chi connectivity index (χ4v) is 3.67. The second-order valence-corrected chi connectivity index (χ2v) is 8.31. The lowest BCUT2D eigenvalue weighted by Gasteiger charge is -2.27. The van der Waals surface area contributed by atoms with Crippen LogP contribution in [-0.2, 0) is 9.05 Å². The fraction of sp³-hybridized carbons (Fsp3) is 0.500. The molecule has 1 fully saturated rings. The van der Waals surface area contributed by atoms with Crippen molar-refractivity contribution in [1.29, 1.82) is 0 Å². The van der Waals surface area contributed by atoms with E-state index >= 15 is 0 Å². The molecule has 1 atom stereocenters. The van der Waals surface area contributed by atoms with Crippen LogP contribution in [0.1, 0.15) is 43.0 Å². The quantitative estimate of drug-likeness (QED) is 0.765. The summed E-state index contributed by atoms with van der Waals surface area (Å²) >= 11 is 5.91. The SMILES string of the molecule is CC1CCCCCN1C(=O)c1cc(Cl)cc(S(=O)(=O)Cl)c1. The number of hydrogen-bond acceptors (Lipinski definition) is 3. The van der Waals surface area contributed by atoms with Gasteiger partial charge in [-0.1, -0.05) is 24.4 Å². The van der Waals surface area contributed by atoms with Crippen LogP contribution in [-0.4, -0.2) is 31.8 Å². The van der Waals surface area contributed by atoms with E-state index in [1.54, 1.807) is 4.90 Å². The summed E-state index contributed by atoms with van der Waals surface area (Å²) < 4.78 is 22.9.